The van der Waals surface area contributed by atoms with Crippen LogP contribution in [0.25, 0.3) is 10.9 Å². The molecule has 2 atom stereocenters. The van der Waals surface area contributed by atoms with Gasteiger partial charge in [-0.3, -0.25) is 4.79 Å². The quantitative estimate of drug-likeness (QED) is 0.491. The van der Waals surface area contributed by atoms with Gasteiger partial charge >= 0.3 is 5.97 Å². The Kier molecular flexibility index (Phi) is 5.83. The van der Waals surface area contributed by atoms with Gasteiger partial charge in [0.15, 0.2) is 5.60 Å². The molecule has 8 nitrogen and oxygen atoms in total. The van der Waals surface area contributed by atoms with Crippen molar-refractivity contribution in [1.29, 1.82) is 0 Å². The van der Waals surface area contributed by atoms with Crippen LogP contribution in [0.15, 0.2) is 21.6 Å². The Labute approximate surface area is 180 Å². The van der Waals surface area contributed by atoms with Crippen LogP contribution in [0.3, 0.4) is 0 Å². The Hall–Kier alpha value is -3.31. The van der Waals surface area contributed by atoms with Gasteiger partial charge in [0.25, 0.3) is 5.56 Å². The minimum absolute atomic E-state index is 0.141. The van der Waals surface area contributed by atoms with Crippen molar-refractivity contribution in [2.24, 2.45) is 13.0 Å². The number of esters is 1. The standard InChI is InChI=1S/C23H27N3O5/c1-12(2)15(5)30-22(28)18-14(4)24-20-19(18)16(11-26(7)21(20)27)8-9-23(6,29)17-10-13(3)31-25-17/h10-12,15,24,29H,1-7H3. The molecule has 31 heavy (non-hydrogen) atoms. The molecule has 0 fully saturated rings. The molecule has 2 unspecified atom stereocenters. The lowest BCUT2D eigenvalue weighted by Gasteiger charge is -2.16. The second-order valence-electron chi connectivity index (χ2n) is 8.33. The van der Waals surface area contributed by atoms with E-state index < -0.39 is 11.6 Å². The van der Waals surface area contributed by atoms with Gasteiger partial charge in [0, 0.05) is 30.4 Å². The first kappa shape index (κ1) is 22.4. The van der Waals surface area contributed by atoms with E-state index in [-0.39, 0.29) is 34.4 Å². The fraction of sp³-hybridized carbons (Fsp3) is 0.435. The number of H-pyrrole nitrogens is 1. The first-order valence-corrected chi connectivity index (χ1v) is 10.0. The number of aliphatic hydroxyl groups is 1. The number of rotatable bonds is 4. The molecule has 0 aliphatic rings. The van der Waals surface area contributed by atoms with Gasteiger partial charge in [-0.05, 0) is 33.6 Å². The van der Waals surface area contributed by atoms with Crippen molar-refractivity contribution >= 4 is 16.9 Å². The zero-order valence-electron chi connectivity index (χ0n) is 18.8. The van der Waals surface area contributed by atoms with Gasteiger partial charge < -0.3 is 23.9 Å². The fourth-order valence-corrected chi connectivity index (χ4v) is 3.11. The largest absolute Gasteiger partial charge is 0.459 e. The third-order valence-corrected chi connectivity index (χ3v) is 5.32. The summed E-state index contributed by atoms with van der Waals surface area (Å²) in [7, 11) is 1.60. The number of carbonyl (C=O) groups is 1. The molecule has 3 aromatic heterocycles. The van der Waals surface area contributed by atoms with Crippen LogP contribution in [-0.2, 0) is 17.4 Å². The Morgan fingerprint density at radius 3 is 2.61 bits per heavy atom. The second kappa shape index (κ2) is 8.08. The van der Waals surface area contributed by atoms with E-state index in [9.17, 15) is 14.7 Å². The van der Waals surface area contributed by atoms with E-state index in [1.807, 2.05) is 20.8 Å². The number of fused-ring (bicyclic) bond motifs is 1. The van der Waals surface area contributed by atoms with E-state index in [0.717, 1.165) is 0 Å². The average Bonchev–Trinajstić information content (AvgIpc) is 3.27. The summed E-state index contributed by atoms with van der Waals surface area (Å²) in [5, 5.41) is 15.0. The van der Waals surface area contributed by atoms with Crippen molar-refractivity contribution in [1.82, 2.24) is 14.7 Å². The van der Waals surface area contributed by atoms with Crippen molar-refractivity contribution in [3.63, 3.8) is 0 Å². The van der Waals surface area contributed by atoms with Gasteiger partial charge in [-0.25, -0.2) is 4.79 Å². The molecule has 0 radical (unpaired) electrons. The molecule has 0 saturated heterocycles. The predicted octanol–water partition coefficient (Wildman–Crippen LogP) is 2.93. The molecule has 2 N–H and O–H groups in total. The molecule has 3 aromatic rings. The topological polar surface area (TPSA) is 110 Å². The van der Waals surface area contributed by atoms with Gasteiger partial charge in [0.05, 0.1) is 11.1 Å². The minimum Gasteiger partial charge on any atom is -0.459 e. The monoisotopic (exact) mass is 425 g/mol. The maximum Gasteiger partial charge on any atom is 0.340 e. The molecule has 164 valence electrons. The van der Waals surface area contributed by atoms with Crippen molar-refractivity contribution in [2.45, 2.75) is 53.2 Å². The first-order valence-electron chi connectivity index (χ1n) is 10.0. The van der Waals surface area contributed by atoms with E-state index in [2.05, 4.69) is 22.0 Å². The molecule has 0 aliphatic heterocycles. The number of pyridine rings is 1. The van der Waals surface area contributed by atoms with Crippen LogP contribution in [0, 0.1) is 31.6 Å². The Morgan fingerprint density at radius 1 is 1.35 bits per heavy atom. The van der Waals surface area contributed by atoms with Crippen molar-refractivity contribution < 1.29 is 19.2 Å². The maximum atomic E-state index is 13.0. The molecule has 8 heteroatoms. The lowest BCUT2D eigenvalue weighted by molar-refractivity contribution is 0.0239. The Bertz CT molecular complexity index is 1260. The summed E-state index contributed by atoms with van der Waals surface area (Å²) in [6, 6.07) is 1.60. The second-order valence-corrected chi connectivity index (χ2v) is 8.33. The van der Waals surface area contributed by atoms with Crippen LogP contribution in [-0.4, -0.2) is 31.9 Å². The zero-order chi connectivity index (χ0) is 23.1. The predicted molar refractivity (Wildman–Crippen MR) is 116 cm³/mol. The molecule has 0 saturated carbocycles. The van der Waals surface area contributed by atoms with Crippen LogP contribution in [0.1, 0.15) is 60.8 Å². The highest BCUT2D eigenvalue weighted by Gasteiger charge is 2.26. The number of ether oxygens (including phenoxy) is 1. The van der Waals surface area contributed by atoms with Gasteiger partial charge in [-0.1, -0.05) is 30.8 Å². The highest BCUT2D eigenvalue weighted by atomic mass is 16.5. The average molecular weight is 425 g/mol. The summed E-state index contributed by atoms with van der Waals surface area (Å²) in [5.74, 6) is 5.86. The summed E-state index contributed by atoms with van der Waals surface area (Å²) in [6.45, 7) is 10.7. The van der Waals surface area contributed by atoms with Gasteiger partial charge in [0.2, 0.25) is 0 Å². The number of aromatic nitrogens is 3. The third kappa shape index (κ3) is 4.28. The summed E-state index contributed by atoms with van der Waals surface area (Å²) in [5.41, 5.74) is -0.161. The minimum atomic E-state index is -1.59. The zero-order valence-corrected chi connectivity index (χ0v) is 18.8. The summed E-state index contributed by atoms with van der Waals surface area (Å²) >= 11 is 0. The molecular formula is C23H27N3O5. The van der Waals surface area contributed by atoms with Gasteiger partial charge in [-0.2, -0.15) is 0 Å². The van der Waals surface area contributed by atoms with E-state index >= 15 is 0 Å². The molecule has 3 rings (SSSR count). The maximum absolute atomic E-state index is 13.0. The van der Waals surface area contributed by atoms with Crippen molar-refractivity contribution in [3.05, 3.63) is 50.9 Å². The Balaban J connectivity index is 2.18. The first-order chi connectivity index (χ1) is 14.4. The SMILES string of the molecule is Cc1cc(C(C)(O)C#Cc2cn(C)c(=O)c3[nH]c(C)c(C(=O)OC(C)C(C)C)c23)no1. The van der Waals surface area contributed by atoms with Gasteiger partial charge in [0.1, 0.15) is 23.1 Å². The summed E-state index contributed by atoms with van der Waals surface area (Å²) in [6.07, 6.45) is 1.24. The molecule has 0 aliphatic carbocycles. The lowest BCUT2D eigenvalue weighted by Crippen LogP contribution is -2.21. The van der Waals surface area contributed by atoms with Crippen LogP contribution in [0.4, 0.5) is 0 Å². The highest BCUT2D eigenvalue weighted by molar-refractivity contribution is 6.07. The van der Waals surface area contributed by atoms with Gasteiger partial charge in [-0.15, -0.1) is 0 Å². The van der Waals surface area contributed by atoms with Crippen molar-refractivity contribution in [3.8, 4) is 11.8 Å². The molecule has 0 amide bonds. The van der Waals surface area contributed by atoms with E-state index in [1.165, 1.54) is 17.7 Å². The number of carbonyl (C=O) groups excluding carboxylic acids is 1. The van der Waals surface area contributed by atoms with Crippen LogP contribution in [0.5, 0.6) is 0 Å². The summed E-state index contributed by atoms with van der Waals surface area (Å²) < 4.78 is 12.0. The fourth-order valence-electron chi connectivity index (χ4n) is 3.11. The lowest BCUT2D eigenvalue weighted by atomic mass is 10.0. The van der Waals surface area contributed by atoms with Crippen LogP contribution >= 0.6 is 0 Å². The number of hydrogen-bond acceptors (Lipinski definition) is 6. The molecule has 0 spiro atoms. The third-order valence-electron chi connectivity index (χ3n) is 5.32. The van der Waals surface area contributed by atoms with E-state index in [1.54, 1.807) is 27.0 Å². The summed E-state index contributed by atoms with van der Waals surface area (Å²) in [4.78, 5) is 28.6. The number of aryl methyl sites for hydroxylation is 3. The van der Waals surface area contributed by atoms with E-state index in [4.69, 9.17) is 9.26 Å². The number of nitrogens with one attached hydrogen (secondary N) is 1. The number of aromatic amines is 1. The number of nitrogens with zero attached hydrogens (tertiary/aromatic N) is 2. The molecule has 3 heterocycles. The highest BCUT2D eigenvalue weighted by Crippen LogP contribution is 2.26. The molecule has 0 aromatic carbocycles. The smallest absolute Gasteiger partial charge is 0.340 e. The molecule has 0 bridgehead atoms. The van der Waals surface area contributed by atoms with Crippen molar-refractivity contribution in [2.75, 3.05) is 0 Å². The van der Waals surface area contributed by atoms with E-state index in [0.29, 0.717) is 22.4 Å². The molecular weight excluding hydrogens is 398 g/mol. The normalized spacial score (nSPS) is 14.2. The number of hydrogen-bond donors (Lipinski definition) is 2. The van der Waals surface area contributed by atoms with Crippen LogP contribution in [0.2, 0.25) is 0 Å². The Morgan fingerprint density at radius 2 is 2.03 bits per heavy atom. The van der Waals surface area contributed by atoms with Crippen LogP contribution < -0.4 is 5.56 Å².